The molecule has 0 spiro atoms. The molecule has 29 heavy (non-hydrogen) atoms. The van der Waals surface area contributed by atoms with Crippen LogP contribution in [0.4, 0.5) is 0 Å². The van der Waals surface area contributed by atoms with Crippen molar-refractivity contribution in [3.8, 4) is 11.5 Å². The average molecular weight is 396 g/mol. The van der Waals surface area contributed by atoms with Crippen molar-refractivity contribution in [2.45, 2.75) is 69.7 Å². The molecule has 0 saturated carbocycles. The Kier molecular flexibility index (Phi) is 6.41. The molecule has 2 saturated heterocycles. The van der Waals surface area contributed by atoms with Crippen molar-refractivity contribution < 1.29 is 14.6 Å². The molecular formula is C25H33NO3. The van der Waals surface area contributed by atoms with Crippen LogP contribution in [0.3, 0.4) is 0 Å². The Morgan fingerprint density at radius 2 is 1.55 bits per heavy atom. The molecule has 2 unspecified atom stereocenters. The number of hydrogen-bond donors (Lipinski definition) is 1. The number of para-hydroxylation sites is 2. The minimum atomic E-state index is -0.635. The minimum Gasteiger partial charge on any atom is -0.490 e. The second kappa shape index (κ2) is 9.19. The summed E-state index contributed by atoms with van der Waals surface area (Å²) >= 11 is 0. The smallest absolute Gasteiger partial charge is 0.161 e. The molecule has 1 N–H and O–H groups in total. The quantitative estimate of drug-likeness (QED) is 0.697. The van der Waals surface area contributed by atoms with Gasteiger partial charge in [-0.2, -0.15) is 0 Å². The van der Waals surface area contributed by atoms with E-state index in [1.807, 2.05) is 31.2 Å². The van der Waals surface area contributed by atoms with Gasteiger partial charge in [0.2, 0.25) is 0 Å². The van der Waals surface area contributed by atoms with Gasteiger partial charge in [-0.25, -0.2) is 0 Å². The molecule has 2 bridgehead atoms. The van der Waals surface area contributed by atoms with E-state index in [1.54, 1.807) is 0 Å². The number of benzene rings is 2. The normalized spacial score (nSPS) is 26.8. The fraction of sp³-hybridized carbons (Fsp3) is 0.520. The number of aliphatic hydroxyl groups is 1. The largest absolute Gasteiger partial charge is 0.490 e. The molecule has 2 fully saturated rings. The third kappa shape index (κ3) is 4.93. The maximum Gasteiger partial charge on any atom is 0.161 e. The molecule has 0 aliphatic carbocycles. The fourth-order valence-corrected chi connectivity index (χ4v) is 5.07. The summed E-state index contributed by atoms with van der Waals surface area (Å²) < 4.78 is 11.6. The molecule has 2 aliphatic rings. The van der Waals surface area contributed by atoms with Gasteiger partial charge in [-0.05, 0) is 50.3 Å². The van der Waals surface area contributed by atoms with Gasteiger partial charge in [0.05, 0.1) is 18.8 Å². The molecule has 156 valence electrons. The number of rotatable bonds is 8. The zero-order chi connectivity index (χ0) is 20.1. The van der Waals surface area contributed by atoms with Crippen LogP contribution < -0.4 is 9.47 Å². The molecule has 2 heterocycles. The fourth-order valence-electron chi connectivity index (χ4n) is 5.07. The second-order valence-electron chi connectivity index (χ2n) is 8.51. The maximum atomic E-state index is 11.4. The predicted molar refractivity (Wildman–Crippen MR) is 115 cm³/mol. The van der Waals surface area contributed by atoms with Gasteiger partial charge in [-0.3, -0.25) is 4.90 Å². The lowest BCUT2D eigenvalue weighted by atomic mass is 9.74. The van der Waals surface area contributed by atoms with Crippen LogP contribution in [0.25, 0.3) is 0 Å². The minimum absolute atomic E-state index is 0.461. The SMILES string of the molecule is CCOc1ccccc1OCCC1(O)CC2CCCC(C1)N2Cc1ccccc1. The first-order chi connectivity index (χ1) is 14.2. The van der Waals surface area contributed by atoms with Gasteiger partial charge in [0, 0.05) is 25.0 Å². The lowest BCUT2D eigenvalue weighted by molar-refractivity contribution is -0.103. The van der Waals surface area contributed by atoms with Crippen molar-refractivity contribution in [1.82, 2.24) is 4.90 Å². The molecule has 0 radical (unpaired) electrons. The van der Waals surface area contributed by atoms with E-state index in [9.17, 15) is 5.11 Å². The summed E-state index contributed by atoms with van der Waals surface area (Å²) in [6.45, 7) is 4.09. The summed E-state index contributed by atoms with van der Waals surface area (Å²) in [6, 6.07) is 19.4. The summed E-state index contributed by atoms with van der Waals surface area (Å²) in [6.07, 6.45) is 5.98. The molecule has 2 aromatic rings. The van der Waals surface area contributed by atoms with E-state index in [-0.39, 0.29) is 0 Å². The Balaban J connectivity index is 1.36. The van der Waals surface area contributed by atoms with Crippen molar-refractivity contribution >= 4 is 0 Å². The van der Waals surface area contributed by atoms with Gasteiger partial charge in [0.15, 0.2) is 11.5 Å². The summed E-state index contributed by atoms with van der Waals surface area (Å²) in [4.78, 5) is 2.64. The van der Waals surface area contributed by atoms with Crippen molar-refractivity contribution in [2.24, 2.45) is 0 Å². The van der Waals surface area contributed by atoms with Crippen molar-refractivity contribution in [3.05, 3.63) is 60.2 Å². The van der Waals surface area contributed by atoms with Crippen LogP contribution in [0.2, 0.25) is 0 Å². The van der Waals surface area contributed by atoms with Crippen LogP contribution in [0.5, 0.6) is 11.5 Å². The van der Waals surface area contributed by atoms with Gasteiger partial charge >= 0.3 is 0 Å². The van der Waals surface area contributed by atoms with E-state index < -0.39 is 5.60 Å². The van der Waals surface area contributed by atoms with Gasteiger partial charge in [0.25, 0.3) is 0 Å². The molecule has 0 aromatic heterocycles. The Labute approximate surface area is 174 Å². The molecule has 4 rings (SSSR count). The summed E-state index contributed by atoms with van der Waals surface area (Å²) in [7, 11) is 0. The third-order valence-corrected chi connectivity index (χ3v) is 6.43. The molecule has 0 amide bonds. The first-order valence-corrected chi connectivity index (χ1v) is 11.0. The number of hydrogen-bond acceptors (Lipinski definition) is 4. The number of ether oxygens (including phenoxy) is 2. The van der Waals surface area contributed by atoms with Crippen LogP contribution in [0.15, 0.2) is 54.6 Å². The molecule has 2 aromatic carbocycles. The highest BCUT2D eigenvalue weighted by Gasteiger charge is 2.45. The predicted octanol–water partition coefficient (Wildman–Crippen LogP) is 4.80. The van der Waals surface area contributed by atoms with Crippen LogP contribution in [0.1, 0.15) is 51.0 Å². The molecule has 2 atom stereocenters. The Morgan fingerprint density at radius 3 is 2.21 bits per heavy atom. The zero-order valence-corrected chi connectivity index (χ0v) is 17.4. The molecular weight excluding hydrogens is 362 g/mol. The number of nitrogens with zero attached hydrogens (tertiary/aromatic N) is 1. The van der Waals surface area contributed by atoms with Gasteiger partial charge in [-0.1, -0.05) is 48.9 Å². The van der Waals surface area contributed by atoms with Crippen molar-refractivity contribution in [2.75, 3.05) is 13.2 Å². The summed E-state index contributed by atoms with van der Waals surface area (Å²) in [5.41, 5.74) is 0.731. The Hall–Kier alpha value is -2.04. The Morgan fingerprint density at radius 1 is 0.931 bits per heavy atom. The van der Waals surface area contributed by atoms with E-state index in [0.717, 1.165) is 30.9 Å². The lowest BCUT2D eigenvalue weighted by Crippen LogP contribution is -2.57. The zero-order valence-electron chi connectivity index (χ0n) is 17.4. The highest BCUT2D eigenvalue weighted by molar-refractivity contribution is 5.39. The van der Waals surface area contributed by atoms with E-state index in [1.165, 1.54) is 24.8 Å². The van der Waals surface area contributed by atoms with E-state index in [0.29, 0.717) is 31.7 Å². The first-order valence-electron chi connectivity index (χ1n) is 11.0. The van der Waals surface area contributed by atoms with Crippen LogP contribution in [-0.4, -0.2) is 40.9 Å². The van der Waals surface area contributed by atoms with E-state index in [4.69, 9.17) is 9.47 Å². The molecule has 4 heteroatoms. The van der Waals surface area contributed by atoms with Crippen LogP contribution >= 0.6 is 0 Å². The standard InChI is InChI=1S/C25H33NO3/c1-2-28-23-13-6-7-14-24(23)29-16-15-25(27)17-21-11-8-12-22(18-25)26(21)19-20-9-4-3-5-10-20/h3-7,9-10,13-14,21-22,27H,2,8,11-12,15-19H2,1H3. The van der Waals surface area contributed by atoms with Gasteiger partial charge in [-0.15, -0.1) is 0 Å². The highest BCUT2D eigenvalue weighted by Crippen LogP contribution is 2.41. The lowest BCUT2D eigenvalue weighted by Gasteiger charge is -2.52. The van der Waals surface area contributed by atoms with Crippen molar-refractivity contribution in [1.29, 1.82) is 0 Å². The molecule has 4 nitrogen and oxygen atoms in total. The van der Waals surface area contributed by atoms with Gasteiger partial charge in [0.1, 0.15) is 0 Å². The van der Waals surface area contributed by atoms with Gasteiger partial charge < -0.3 is 14.6 Å². The average Bonchev–Trinajstić information content (AvgIpc) is 2.71. The topological polar surface area (TPSA) is 41.9 Å². The summed E-state index contributed by atoms with van der Waals surface area (Å²) in [5.74, 6) is 1.54. The number of fused-ring (bicyclic) bond motifs is 2. The highest BCUT2D eigenvalue weighted by atomic mass is 16.5. The van der Waals surface area contributed by atoms with E-state index in [2.05, 4.69) is 35.2 Å². The first kappa shape index (κ1) is 20.2. The summed E-state index contributed by atoms with van der Waals surface area (Å²) in [5, 5.41) is 11.4. The molecule has 2 aliphatic heterocycles. The monoisotopic (exact) mass is 395 g/mol. The van der Waals surface area contributed by atoms with Crippen molar-refractivity contribution in [3.63, 3.8) is 0 Å². The number of piperidine rings is 2. The van der Waals surface area contributed by atoms with Crippen LogP contribution in [0, 0.1) is 0 Å². The Bertz CT molecular complexity index is 765. The second-order valence-corrected chi connectivity index (χ2v) is 8.51. The third-order valence-electron chi connectivity index (χ3n) is 6.43. The van der Waals surface area contributed by atoms with Crippen LogP contribution in [-0.2, 0) is 6.54 Å². The maximum absolute atomic E-state index is 11.4. The van der Waals surface area contributed by atoms with E-state index >= 15 is 0 Å².